The Kier molecular flexibility index (Phi) is 5.84. The van der Waals surface area contributed by atoms with E-state index in [9.17, 15) is 14.0 Å². The Hall–Kier alpha value is -2.05. The molecular formula is C19H17ClFNO3S. The molecule has 0 bridgehead atoms. The van der Waals surface area contributed by atoms with Crippen molar-refractivity contribution in [2.45, 2.75) is 25.2 Å². The average molecular weight is 394 g/mol. The van der Waals surface area contributed by atoms with E-state index < -0.39 is 5.25 Å². The fourth-order valence-electron chi connectivity index (χ4n) is 2.69. The molecule has 0 spiro atoms. The van der Waals surface area contributed by atoms with E-state index in [1.54, 1.807) is 43.3 Å². The molecule has 0 aromatic heterocycles. The van der Waals surface area contributed by atoms with Crippen molar-refractivity contribution in [3.63, 3.8) is 0 Å². The van der Waals surface area contributed by atoms with Crippen LogP contribution in [0.5, 0.6) is 5.75 Å². The van der Waals surface area contributed by atoms with Gasteiger partial charge in [0, 0.05) is 12.1 Å². The molecule has 7 heteroatoms. The minimum absolute atomic E-state index is 0.0721. The van der Waals surface area contributed by atoms with Gasteiger partial charge in [0.1, 0.15) is 18.2 Å². The Morgan fingerprint density at radius 3 is 2.65 bits per heavy atom. The summed E-state index contributed by atoms with van der Waals surface area (Å²) in [7, 11) is 0. The Balaban J connectivity index is 1.65. The number of benzene rings is 2. The van der Waals surface area contributed by atoms with Crippen molar-refractivity contribution >= 4 is 34.5 Å². The normalized spacial score (nSPS) is 17.0. The lowest BCUT2D eigenvalue weighted by Gasteiger charge is -2.12. The van der Waals surface area contributed by atoms with Crippen LogP contribution < -0.4 is 4.74 Å². The third-order valence-electron chi connectivity index (χ3n) is 4.08. The standard InChI is InChI=1S/C19H17ClFNO3S/c1-2-22-18(23)17(26-19(22)24)10-12-7-8-16(14(20)9-12)25-11-13-5-3-4-6-15(13)21/h3-9,17H,2,10-11H2,1H3/t17-/m0/s1. The summed E-state index contributed by atoms with van der Waals surface area (Å²) < 4.78 is 19.2. The highest BCUT2D eigenvalue weighted by Gasteiger charge is 2.38. The summed E-state index contributed by atoms with van der Waals surface area (Å²) in [4.78, 5) is 25.2. The first kappa shape index (κ1) is 18.7. The highest BCUT2D eigenvalue weighted by molar-refractivity contribution is 8.15. The van der Waals surface area contributed by atoms with E-state index in [1.807, 2.05) is 0 Å². The minimum atomic E-state index is -0.427. The van der Waals surface area contributed by atoms with Gasteiger partial charge in [-0.1, -0.05) is 47.6 Å². The number of halogens is 2. The first-order valence-electron chi connectivity index (χ1n) is 8.16. The molecule has 4 nitrogen and oxygen atoms in total. The van der Waals surface area contributed by atoms with Gasteiger partial charge in [0.05, 0.1) is 10.3 Å². The molecule has 1 aliphatic heterocycles. The van der Waals surface area contributed by atoms with Gasteiger partial charge in [-0.25, -0.2) is 4.39 Å². The molecule has 1 aliphatic rings. The summed E-state index contributed by atoms with van der Waals surface area (Å²) in [5, 5.41) is -0.255. The number of carbonyl (C=O) groups is 2. The van der Waals surface area contributed by atoms with Crippen molar-refractivity contribution in [2.24, 2.45) is 0 Å². The maximum atomic E-state index is 13.6. The molecule has 26 heavy (non-hydrogen) atoms. The Labute approximate surface area is 160 Å². The van der Waals surface area contributed by atoms with Gasteiger partial charge in [-0.3, -0.25) is 14.5 Å². The number of hydrogen-bond donors (Lipinski definition) is 0. The molecule has 2 aromatic carbocycles. The second-order valence-corrected chi connectivity index (χ2v) is 7.37. The molecule has 1 fully saturated rings. The van der Waals surface area contributed by atoms with Crippen molar-refractivity contribution in [3.8, 4) is 5.75 Å². The van der Waals surface area contributed by atoms with Crippen LogP contribution in [-0.4, -0.2) is 27.8 Å². The van der Waals surface area contributed by atoms with Crippen molar-refractivity contribution in [3.05, 3.63) is 64.4 Å². The largest absolute Gasteiger partial charge is 0.487 e. The zero-order valence-corrected chi connectivity index (χ0v) is 15.6. The maximum absolute atomic E-state index is 13.6. The van der Waals surface area contributed by atoms with E-state index in [1.165, 1.54) is 11.0 Å². The Bertz CT molecular complexity index is 845. The first-order chi connectivity index (χ1) is 12.5. The number of rotatable bonds is 6. The van der Waals surface area contributed by atoms with Crippen LogP contribution >= 0.6 is 23.4 Å². The molecule has 0 saturated carbocycles. The summed E-state index contributed by atoms with van der Waals surface area (Å²) in [5.74, 6) is -0.0593. The quantitative estimate of drug-likeness (QED) is 0.714. The monoisotopic (exact) mass is 393 g/mol. The summed E-state index contributed by atoms with van der Waals surface area (Å²) in [6.45, 7) is 2.23. The van der Waals surface area contributed by atoms with Gasteiger partial charge >= 0.3 is 0 Å². The van der Waals surface area contributed by atoms with E-state index in [4.69, 9.17) is 16.3 Å². The lowest BCUT2D eigenvalue weighted by Crippen LogP contribution is -2.31. The van der Waals surface area contributed by atoms with Crippen LogP contribution in [0.2, 0.25) is 5.02 Å². The van der Waals surface area contributed by atoms with Crippen LogP contribution in [0.25, 0.3) is 0 Å². The van der Waals surface area contributed by atoms with Crippen molar-refractivity contribution in [2.75, 3.05) is 6.54 Å². The highest BCUT2D eigenvalue weighted by atomic mass is 35.5. The third kappa shape index (κ3) is 4.02. The smallest absolute Gasteiger partial charge is 0.289 e. The van der Waals surface area contributed by atoms with Gasteiger partial charge < -0.3 is 4.74 Å². The molecule has 0 N–H and O–H groups in total. The highest BCUT2D eigenvalue weighted by Crippen LogP contribution is 2.32. The van der Waals surface area contributed by atoms with E-state index in [2.05, 4.69) is 0 Å². The number of amides is 2. The van der Waals surface area contributed by atoms with Gasteiger partial charge in [0.15, 0.2) is 0 Å². The third-order valence-corrected chi connectivity index (χ3v) is 5.45. The molecule has 1 heterocycles. The molecule has 1 atom stereocenters. The van der Waals surface area contributed by atoms with Crippen LogP contribution in [0.3, 0.4) is 0 Å². The number of thioether (sulfide) groups is 1. The molecular weight excluding hydrogens is 377 g/mol. The van der Waals surface area contributed by atoms with E-state index in [0.717, 1.165) is 17.3 Å². The summed E-state index contributed by atoms with van der Waals surface area (Å²) in [5.41, 5.74) is 1.28. The molecule has 136 valence electrons. The summed E-state index contributed by atoms with van der Waals surface area (Å²) in [6.07, 6.45) is 0.416. The molecule has 0 unspecified atom stereocenters. The molecule has 3 rings (SSSR count). The molecule has 2 aromatic rings. The van der Waals surface area contributed by atoms with Gasteiger partial charge in [0.25, 0.3) is 5.24 Å². The second-order valence-electron chi connectivity index (χ2n) is 5.80. The fraction of sp³-hybridized carbons (Fsp3) is 0.263. The van der Waals surface area contributed by atoms with Gasteiger partial charge in [-0.15, -0.1) is 0 Å². The zero-order valence-electron chi connectivity index (χ0n) is 14.1. The topological polar surface area (TPSA) is 46.6 Å². The number of hydrogen-bond acceptors (Lipinski definition) is 4. The molecule has 0 aliphatic carbocycles. The Morgan fingerprint density at radius 1 is 1.23 bits per heavy atom. The van der Waals surface area contributed by atoms with Crippen LogP contribution in [0.1, 0.15) is 18.1 Å². The molecule has 2 amide bonds. The SMILES string of the molecule is CCN1C(=O)S[C@@H](Cc2ccc(OCc3ccccc3F)c(Cl)c2)C1=O. The van der Waals surface area contributed by atoms with Crippen LogP contribution in [0.4, 0.5) is 9.18 Å². The predicted molar refractivity (Wildman–Crippen MR) is 100 cm³/mol. The lowest BCUT2D eigenvalue weighted by atomic mass is 10.1. The van der Waals surface area contributed by atoms with Crippen LogP contribution in [0.15, 0.2) is 42.5 Å². The predicted octanol–water partition coefficient (Wildman–Crippen LogP) is 4.68. The van der Waals surface area contributed by atoms with Crippen LogP contribution in [0, 0.1) is 5.82 Å². The van der Waals surface area contributed by atoms with E-state index in [0.29, 0.717) is 29.3 Å². The Morgan fingerprint density at radius 2 is 2.00 bits per heavy atom. The van der Waals surface area contributed by atoms with Gasteiger partial charge in [0.2, 0.25) is 5.91 Å². The summed E-state index contributed by atoms with van der Waals surface area (Å²) in [6, 6.07) is 11.6. The van der Waals surface area contributed by atoms with Gasteiger partial charge in [-0.05, 0) is 37.1 Å². The van der Waals surface area contributed by atoms with Crippen LogP contribution in [-0.2, 0) is 17.8 Å². The summed E-state index contributed by atoms with van der Waals surface area (Å²) >= 11 is 7.30. The number of ether oxygens (including phenoxy) is 1. The fourth-order valence-corrected chi connectivity index (χ4v) is 4.04. The maximum Gasteiger partial charge on any atom is 0.289 e. The van der Waals surface area contributed by atoms with Gasteiger partial charge in [-0.2, -0.15) is 0 Å². The average Bonchev–Trinajstić information content (AvgIpc) is 2.88. The number of carbonyl (C=O) groups excluding carboxylic acids is 2. The van der Waals surface area contributed by atoms with Crippen molar-refractivity contribution in [1.82, 2.24) is 4.90 Å². The van der Waals surface area contributed by atoms with E-state index in [-0.39, 0.29) is 23.6 Å². The zero-order chi connectivity index (χ0) is 18.7. The minimum Gasteiger partial charge on any atom is -0.487 e. The molecule has 1 saturated heterocycles. The van der Waals surface area contributed by atoms with Crippen molar-refractivity contribution in [1.29, 1.82) is 0 Å². The lowest BCUT2D eigenvalue weighted by molar-refractivity contribution is -0.126. The number of nitrogens with zero attached hydrogens (tertiary/aromatic N) is 1. The van der Waals surface area contributed by atoms with E-state index >= 15 is 0 Å². The first-order valence-corrected chi connectivity index (χ1v) is 9.42. The molecule has 0 radical (unpaired) electrons. The second kappa shape index (κ2) is 8.10. The number of imide groups is 1. The van der Waals surface area contributed by atoms with Crippen molar-refractivity contribution < 1.29 is 18.7 Å².